The van der Waals surface area contributed by atoms with Crippen molar-refractivity contribution in [2.45, 2.75) is 19.4 Å². The number of likely N-dealkylation sites (N-methyl/N-ethyl adjacent to an activating group) is 1. The quantitative estimate of drug-likeness (QED) is 0.299. The molecule has 5 heteroatoms. The molecule has 0 bridgehead atoms. The average Bonchev–Trinajstić information content (AvgIpc) is 2.56. The van der Waals surface area contributed by atoms with E-state index in [9.17, 15) is 0 Å². The highest BCUT2D eigenvalue weighted by atomic mass is 16.4. The van der Waals surface area contributed by atoms with Crippen LogP contribution in [0.25, 0.3) is 0 Å². The van der Waals surface area contributed by atoms with Gasteiger partial charge < -0.3 is 20.7 Å². The maximum absolute atomic E-state index is 8.44. The Bertz CT molecular complexity index is 229. The van der Waals surface area contributed by atoms with Crippen LogP contribution >= 0.6 is 0 Å². The van der Waals surface area contributed by atoms with Gasteiger partial charge in [-0.1, -0.05) is 12.1 Å². The van der Waals surface area contributed by atoms with Crippen molar-refractivity contribution in [1.82, 2.24) is 9.80 Å². The molecular weight excluding hydrogens is 192 g/mol. The first-order chi connectivity index (χ1) is 7.04. The fraction of sp³-hybridized carbons (Fsp3) is 0.900. The van der Waals surface area contributed by atoms with Crippen molar-refractivity contribution in [2.24, 2.45) is 16.8 Å². The molecule has 0 spiro atoms. The predicted molar refractivity (Wildman–Crippen MR) is 61.1 cm³/mol. The molecule has 1 fully saturated rings. The van der Waals surface area contributed by atoms with Gasteiger partial charge in [0.1, 0.15) is 5.84 Å². The Morgan fingerprint density at radius 1 is 1.53 bits per heavy atom. The second-order valence-electron chi connectivity index (χ2n) is 4.61. The van der Waals surface area contributed by atoms with E-state index in [2.05, 4.69) is 36.0 Å². The highest BCUT2D eigenvalue weighted by Gasteiger charge is 2.30. The van der Waals surface area contributed by atoms with Crippen LogP contribution in [0.4, 0.5) is 0 Å². The van der Waals surface area contributed by atoms with E-state index >= 15 is 0 Å². The summed E-state index contributed by atoms with van der Waals surface area (Å²) in [6, 6.07) is 0.622. The molecule has 0 amide bonds. The van der Waals surface area contributed by atoms with Crippen LogP contribution in [0.5, 0.6) is 0 Å². The molecule has 0 aliphatic carbocycles. The van der Waals surface area contributed by atoms with Crippen molar-refractivity contribution < 1.29 is 5.21 Å². The summed E-state index contributed by atoms with van der Waals surface area (Å²) in [5.74, 6) is 1.00. The van der Waals surface area contributed by atoms with Crippen LogP contribution in [0.3, 0.4) is 0 Å². The molecule has 88 valence electrons. The van der Waals surface area contributed by atoms with Crippen molar-refractivity contribution in [3.05, 3.63) is 0 Å². The first-order valence-electron chi connectivity index (χ1n) is 5.39. The smallest absolute Gasteiger partial charge is 0.140 e. The molecule has 1 rings (SSSR count). The van der Waals surface area contributed by atoms with Crippen LogP contribution in [-0.4, -0.2) is 60.6 Å². The van der Waals surface area contributed by atoms with Crippen LogP contribution in [0.2, 0.25) is 0 Å². The van der Waals surface area contributed by atoms with Gasteiger partial charge >= 0.3 is 0 Å². The van der Waals surface area contributed by atoms with E-state index in [-0.39, 0.29) is 0 Å². The summed E-state index contributed by atoms with van der Waals surface area (Å²) in [4.78, 5) is 4.64. The van der Waals surface area contributed by atoms with Gasteiger partial charge in [0.2, 0.25) is 0 Å². The summed E-state index contributed by atoms with van der Waals surface area (Å²) in [5.41, 5.74) is 5.44. The summed E-state index contributed by atoms with van der Waals surface area (Å²) in [5, 5.41) is 11.4. The third-order valence-corrected chi connectivity index (χ3v) is 3.12. The second kappa shape index (κ2) is 5.32. The zero-order valence-corrected chi connectivity index (χ0v) is 9.85. The fourth-order valence-corrected chi connectivity index (χ4v) is 2.23. The predicted octanol–water partition coefficient (Wildman–Crippen LogP) is 0.00480. The summed E-state index contributed by atoms with van der Waals surface area (Å²) in [6.07, 6.45) is 0.642. The molecule has 0 aromatic heterocycles. The Labute approximate surface area is 91.5 Å². The summed E-state index contributed by atoms with van der Waals surface area (Å²) in [6.45, 7) is 5.33. The molecule has 0 aromatic carbocycles. The van der Waals surface area contributed by atoms with Gasteiger partial charge in [-0.15, -0.1) is 0 Å². The number of oxime groups is 1. The number of hydrogen-bond acceptors (Lipinski definition) is 4. The second-order valence-corrected chi connectivity index (χ2v) is 4.61. The van der Waals surface area contributed by atoms with E-state index in [1.54, 1.807) is 0 Å². The highest BCUT2D eigenvalue weighted by molar-refractivity contribution is 5.79. The number of hydrogen-bond donors (Lipinski definition) is 2. The largest absolute Gasteiger partial charge is 0.409 e. The summed E-state index contributed by atoms with van der Waals surface area (Å²) >= 11 is 0. The van der Waals surface area contributed by atoms with Crippen molar-refractivity contribution in [3.8, 4) is 0 Å². The van der Waals surface area contributed by atoms with Crippen LogP contribution in [0.15, 0.2) is 5.16 Å². The lowest BCUT2D eigenvalue weighted by molar-refractivity contribution is 0.253. The van der Waals surface area contributed by atoms with Gasteiger partial charge in [0.15, 0.2) is 0 Å². The number of nitrogens with two attached hydrogens (primary N) is 1. The number of nitrogens with zero attached hydrogens (tertiary/aromatic N) is 3. The lowest BCUT2D eigenvalue weighted by Crippen LogP contribution is -2.34. The number of rotatable bonds is 4. The van der Waals surface area contributed by atoms with Crippen molar-refractivity contribution in [1.29, 1.82) is 0 Å². The normalized spacial score (nSPS) is 28.9. The van der Waals surface area contributed by atoms with Gasteiger partial charge in [0.25, 0.3) is 0 Å². The molecule has 1 heterocycles. The van der Waals surface area contributed by atoms with E-state index in [0.717, 1.165) is 19.6 Å². The number of amidine groups is 1. The molecular formula is C10H22N4O. The molecule has 0 saturated carbocycles. The van der Waals surface area contributed by atoms with Crippen molar-refractivity contribution in [3.63, 3.8) is 0 Å². The molecule has 0 aromatic rings. The van der Waals surface area contributed by atoms with Gasteiger partial charge in [-0.25, -0.2) is 0 Å². The fourth-order valence-electron chi connectivity index (χ4n) is 2.23. The zero-order valence-electron chi connectivity index (χ0n) is 9.85. The van der Waals surface area contributed by atoms with Gasteiger partial charge in [-0.05, 0) is 20.0 Å². The Hall–Kier alpha value is -0.810. The third-order valence-electron chi connectivity index (χ3n) is 3.12. The molecule has 1 aliphatic heterocycles. The van der Waals surface area contributed by atoms with E-state index < -0.39 is 0 Å². The molecule has 15 heavy (non-hydrogen) atoms. The van der Waals surface area contributed by atoms with Gasteiger partial charge in [0.05, 0.1) is 0 Å². The van der Waals surface area contributed by atoms with Crippen LogP contribution < -0.4 is 5.73 Å². The van der Waals surface area contributed by atoms with E-state index in [1.165, 1.54) is 0 Å². The lowest BCUT2D eigenvalue weighted by Gasteiger charge is -2.22. The SMILES string of the molecule is CC1CN(CCC(N)=NO)CC1N(C)C. The van der Waals surface area contributed by atoms with E-state index in [0.29, 0.717) is 24.2 Å². The first kappa shape index (κ1) is 12.3. The first-order valence-corrected chi connectivity index (χ1v) is 5.39. The van der Waals surface area contributed by atoms with Gasteiger partial charge in [-0.3, -0.25) is 0 Å². The zero-order chi connectivity index (χ0) is 11.4. The molecule has 1 saturated heterocycles. The van der Waals surface area contributed by atoms with E-state index in [1.807, 2.05) is 0 Å². The van der Waals surface area contributed by atoms with Gasteiger partial charge in [-0.2, -0.15) is 0 Å². The maximum Gasteiger partial charge on any atom is 0.140 e. The maximum atomic E-state index is 8.44. The number of likely N-dealkylation sites (tertiary alicyclic amines) is 1. The van der Waals surface area contributed by atoms with Crippen molar-refractivity contribution in [2.75, 3.05) is 33.7 Å². The Morgan fingerprint density at radius 3 is 2.67 bits per heavy atom. The topological polar surface area (TPSA) is 65.1 Å². The van der Waals surface area contributed by atoms with E-state index in [4.69, 9.17) is 10.9 Å². The summed E-state index contributed by atoms with van der Waals surface area (Å²) in [7, 11) is 4.24. The minimum absolute atomic E-state index is 0.316. The molecule has 1 aliphatic rings. The monoisotopic (exact) mass is 214 g/mol. The minimum Gasteiger partial charge on any atom is -0.409 e. The highest BCUT2D eigenvalue weighted by Crippen LogP contribution is 2.19. The van der Waals surface area contributed by atoms with Crippen molar-refractivity contribution >= 4 is 5.84 Å². The Balaban J connectivity index is 2.35. The molecule has 3 N–H and O–H groups in total. The Kier molecular flexibility index (Phi) is 4.35. The molecule has 0 radical (unpaired) electrons. The van der Waals surface area contributed by atoms with Gasteiger partial charge in [0, 0.05) is 32.1 Å². The minimum atomic E-state index is 0.316. The average molecular weight is 214 g/mol. The molecule has 2 atom stereocenters. The lowest BCUT2D eigenvalue weighted by atomic mass is 10.1. The van der Waals surface area contributed by atoms with Crippen LogP contribution in [-0.2, 0) is 0 Å². The van der Waals surface area contributed by atoms with Crippen LogP contribution in [0, 0.1) is 5.92 Å². The third kappa shape index (κ3) is 3.35. The standard InChI is InChI=1S/C10H22N4O/c1-8-6-14(5-4-10(11)12-15)7-9(8)13(2)3/h8-9,15H,4-7H2,1-3H3,(H2,11,12). The van der Waals surface area contributed by atoms with Crippen LogP contribution in [0.1, 0.15) is 13.3 Å². The molecule has 5 nitrogen and oxygen atoms in total. The summed E-state index contributed by atoms with van der Waals surface area (Å²) < 4.78 is 0. The molecule has 2 unspecified atom stereocenters. The Morgan fingerprint density at radius 2 is 2.20 bits per heavy atom.